The Morgan fingerprint density at radius 2 is 2.10 bits per heavy atom. The average Bonchev–Trinajstić information content (AvgIpc) is 2.78. The van der Waals surface area contributed by atoms with E-state index < -0.39 is 0 Å². The maximum absolute atomic E-state index is 12.2. The lowest BCUT2D eigenvalue weighted by molar-refractivity contribution is -0.113. The van der Waals surface area contributed by atoms with Crippen LogP contribution in [0.4, 0.5) is 11.4 Å². The highest BCUT2D eigenvalue weighted by Crippen LogP contribution is 2.35. The number of amides is 2. The Kier molecular flexibility index (Phi) is 4.39. The molecule has 0 bridgehead atoms. The molecule has 1 aliphatic heterocycles. The molecule has 2 heterocycles. The number of fused-ring (bicyclic) bond motifs is 1. The molecule has 21 heavy (non-hydrogen) atoms. The van der Waals surface area contributed by atoms with E-state index in [0.29, 0.717) is 16.3 Å². The molecule has 0 aliphatic carbocycles. The largest absolute Gasteiger partial charge is 0.324 e. The van der Waals surface area contributed by atoms with Gasteiger partial charge in [-0.2, -0.15) is 0 Å². The fourth-order valence-electron chi connectivity index (χ4n) is 1.81. The van der Waals surface area contributed by atoms with E-state index in [1.165, 1.54) is 23.1 Å². The summed E-state index contributed by atoms with van der Waals surface area (Å²) >= 11 is 9.57. The van der Waals surface area contributed by atoms with Crippen molar-refractivity contribution < 1.29 is 9.59 Å². The van der Waals surface area contributed by atoms with E-state index in [2.05, 4.69) is 42.5 Å². The van der Waals surface area contributed by atoms with Crippen LogP contribution in [0.2, 0.25) is 0 Å². The number of carbonyl (C=O) groups is 2. The zero-order valence-electron chi connectivity index (χ0n) is 10.4. The molecule has 2 aromatic rings. The van der Waals surface area contributed by atoms with Crippen LogP contribution in [0.25, 0.3) is 0 Å². The first-order chi connectivity index (χ1) is 10.0. The number of rotatable bonds is 2. The predicted octanol–water partition coefficient (Wildman–Crippen LogP) is 4.57. The molecule has 4 nitrogen and oxygen atoms in total. The van der Waals surface area contributed by atoms with Gasteiger partial charge in [0.15, 0.2) is 0 Å². The highest BCUT2D eigenvalue weighted by Gasteiger charge is 2.17. The Balaban J connectivity index is 1.80. The number of benzene rings is 1. The molecule has 0 spiro atoms. The van der Waals surface area contributed by atoms with Crippen LogP contribution >= 0.6 is 55.0 Å². The highest BCUT2D eigenvalue weighted by molar-refractivity contribution is 9.13. The summed E-state index contributed by atoms with van der Waals surface area (Å²) in [6.07, 6.45) is 0. The highest BCUT2D eigenvalue weighted by atomic mass is 79.9. The number of hydrogen-bond donors (Lipinski definition) is 2. The molecule has 108 valence electrons. The van der Waals surface area contributed by atoms with Crippen molar-refractivity contribution in [3.8, 4) is 0 Å². The number of anilines is 2. The van der Waals surface area contributed by atoms with E-state index in [4.69, 9.17) is 0 Å². The molecule has 0 saturated heterocycles. The molecule has 3 rings (SSSR count). The lowest BCUT2D eigenvalue weighted by atomic mass is 10.2. The summed E-state index contributed by atoms with van der Waals surface area (Å²) in [7, 11) is 0. The molecule has 1 aliphatic rings. The van der Waals surface area contributed by atoms with Gasteiger partial charge in [-0.3, -0.25) is 9.59 Å². The minimum Gasteiger partial charge on any atom is -0.324 e. The number of thioether (sulfide) groups is 1. The SMILES string of the molecule is O=C1CSc2ccc(NC(=O)c3cc(Br)c(Br)s3)cc2N1. The first kappa shape index (κ1) is 15.1. The lowest BCUT2D eigenvalue weighted by Crippen LogP contribution is -2.19. The third-order valence-corrected chi connectivity index (χ3v) is 7.07. The molecule has 2 amide bonds. The Bertz CT molecular complexity index is 726. The minimum absolute atomic E-state index is 0.0258. The van der Waals surface area contributed by atoms with Crippen LogP contribution in [0, 0.1) is 0 Å². The van der Waals surface area contributed by atoms with Crippen LogP contribution in [-0.4, -0.2) is 17.6 Å². The number of carbonyl (C=O) groups excluding carboxylic acids is 2. The summed E-state index contributed by atoms with van der Waals surface area (Å²) in [6, 6.07) is 7.27. The number of thiophene rings is 1. The van der Waals surface area contributed by atoms with Crippen molar-refractivity contribution in [2.24, 2.45) is 0 Å². The van der Waals surface area contributed by atoms with Crippen molar-refractivity contribution in [1.82, 2.24) is 0 Å². The van der Waals surface area contributed by atoms with Gasteiger partial charge < -0.3 is 10.6 Å². The summed E-state index contributed by atoms with van der Waals surface area (Å²) in [4.78, 5) is 25.2. The van der Waals surface area contributed by atoms with Gasteiger partial charge in [0.2, 0.25) is 5.91 Å². The van der Waals surface area contributed by atoms with E-state index in [1.807, 2.05) is 12.1 Å². The first-order valence-electron chi connectivity index (χ1n) is 5.86. The van der Waals surface area contributed by atoms with Crippen LogP contribution in [0.1, 0.15) is 9.67 Å². The molecule has 1 aromatic carbocycles. The molecule has 0 atom stereocenters. The monoisotopic (exact) mass is 446 g/mol. The maximum Gasteiger partial charge on any atom is 0.265 e. The Labute approximate surface area is 145 Å². The Morgan fingerprint density at radius 3 is 2.81 bits per heavy atom. The molecule has 0 saturated carbocycles. The van der Waals surface area contributed by atoms with Crippen LogP contribution in [0.3, 0.4) is 0 Å². The summed E-state index contributed by atoms with van der Waals surface area (Å²) in [5.74, 6) is 0.221. The van der Waals surface area contributed by atoms with E-state index in [1.54, 1.807) is 12.1 Å². The average molecular weight is 448 g/mol. The van der Waals surface area contributed by atoms with E-state index >= 15 is 0 Å². The molecular formula is C13H8Br2N2O2S2. The van der Waals surface area contributed by atoms with Crippen molar-refractivity contribution in [1.29, 1.82) is 0 Å². The fraction of sp³-hybridized carbons (Fsp3) is 0.0769. The summed E-state index contributed by atoms with van der Waals surface area (Å²) < 4.78 is 1.73. The summed E-state index contributed by atoms with van der Waals surface area (Å²) in [5.41, 5.74) is 1.39. The van der Waals surface area contributed by atoms with Crippen molar-refractivity contribution in [2.75, 3.05) is 16.4 Å². The molecule has 0 fully saturated rings. The van der Waals surface area contributed by atoms with E-state index in [0.717, 1.165) is 18.8 Å². The van der Waals surface area contributed by atoms with Gasteiger partial charge in [-0.05, 0) is 56.1 Å². The smallest absolute Gasteiger partial charge is 0.265 e. The second-order valence-corrected chi connectivity index (χ2v) is 8.48. The molecule has 1 aromatic heterocycles. The normalized spacial score (nSPS) is 13.5. The van der Waals surface area contributed by atoms with Gasteiger partial charge in [-0.25, -0.2) is 0 Å². The van der Waals surface area contributed by atoms with Gasteiger partial charge in [0.25, 0.3) is 5.91 Å². The zero-order valence-corrected chi connectivity index (χ0v) is 15.2. The maximum atomic E-state index is 12.2. The van der Waals surface area contributed by atoms with Crippen LogP contribution in [-0.2, 0) is 4.79 Å². The van der Waals surface area contributed by atoms with Gasteiger partial charge in [0, 0.05) is 15.1 Å². The number of halogens is 2. The van der Waals surface area contributed by atoms with Crippen LogP contribution in [0.15, 0.2) is 37.4 Å². The van der Waals surface area contributed by atoms with Crippen molar-refractivity contribution >= 4 is 78.1 Å². The third-order valence-electron chi connectivity index (χ3n) is 2.74. The molecule has 0 unspecified atom stereocenters. The van der Waals surface area contributed by atoms with Gasteiger partial charge in [-0.15, -0.1) is 23.1 Å². The Hall–Kier alpha value is -0.830. The second kappa shape index (κ2) is 6.12. The van der Waals surface area contributed by atoms with Gasteiger partial charge in [0.1, 0.15) is 0 Å². The summed E-state index contributed by atoms with van der Waals surface area (Å²) in [5, 5.41) is 5.64. The quantitative estimate of drug-likeness (QED) is 0.708. The van der Waals surface area contributed by atoms with E-state index in [-0.39, 0.29) is 11.8 Å². The summed E-state index contributed by atoms with van der Waals surface area (Å²) in [6.45, 7) is 0. The predicted molar refractivity (Wildman–Crippen MR) is 93.5 cm³/mol. The number of hydrogen-bond acceptors (Lipinski definition) is 4. The fourth-order valence-corrected chi connectivity index (χ4v) is 4.53. The van der Waals surface area contributed by atoms with Crippen molar-refractivity contribution in [2.45, 2.75) is 4.90 Å². The molecule has 2 N–H and O–H groups in total. The van der Waals surface area contributed by atoms with Crippen LogP contribution in [0.5, 0.6) is 0 Å². The topological polar surface area (TPSA) is 58.2 Å². The lowest BCUT2D eigenvalue weighted by Gasteiger charge is -2.17. The second-order valence-electron chi connectivity index (χ2n) is 4.23. The molecule has 8 heteroatoms. The molecule has 0 radical (unpaired) electrons. The van der Waals surface area contributed by atoms with Gasteiger partial charge >= 0.3 is 0 Å². The first-order valence-corrected chi connectivity index (χ1v) is 9.24. The standard InChI is InChI=1S/C13H8Br2N2O2S2/c14-7-4-10(21-12(7)15)13(19)16-6-1-2-9-8(3-6)17-11(18)5-20-9/h1-4H,5H2,(H,16,19)(H,17,18). The van der Waals surface area contributed by atoms with Crippen LogP contribution < -0.4 is 10.6 Å². The van der Waals surface area contributed by atoms with Crippen molar-refractivity contribution in [3.05, 3.63) is 37.4 Å². The molecular weight excluding hydrogens is 440 g/mol. The Morgan fingerprint density at radius 1 is 1.29 bits per heavy atom. The van der Waals surface area contributed by atoms with Crippen molar-refractivity contribution in [3.63, 3.8) is 0 Å². The number of nitrogens with one attached hydrogen (secondary N) is 2. The zero-order chi connectivity index (χ0) is 15.0. The van der Waals surface area contributed by atoms with Gasteiger partial charge in [-0.1, -0.05) is 0 Å². The minimum atomic E-state index is -0.180. The third kappa shape index (κ3) is 3.33. The van der Waals surface area contributed by atoms with Gasteiger partial charge in [0.05, 0.1) is 20.1 Å². The van der Waals surface area contributed by atoms with E-state index in [9.17, 15) is 9.59 Å².